The van der Waals surface area contributed by atoms with Crippen molar-refractivity contribution in [1.82, 2.24) is 9.97 Å². The number of hydrogen-bond donors (Lipinski definition) is 1. The van der Waals surface area contributed by atoms with Gasteiger partial charge >= 0.3 is 6.18 Å². The molecular formula is C17H14F3N3O. The fourth-order valence-corrected chi connectivity index (χ4v) is 2.35. The van der Waals surface area contributed by atoms with Gasteiger partial charge in [-0.15, -0.1) is 0 Å². The quantitative estimate of drug-likeness (QED) is 0.754. The summed E-state index contributed by atoms with van der Waals surface area (Å²) in [6.45, 7) is 1.88. The maximum atomic E-state index is 13.1. The van der Waals surface area contributed by atoms with Crippen molar-refractivity contribution in [2.75, 3.05) is 12.4 Å². The van der Waals surface area contributed by atoms with Gasteiger partial charge in [-0.25, -0.2) is 9.97 Å². The van der Waals surface area contributed by atoms with Crippen molar-refractivity contribution in [3.8, 4) is 5.75 Å². The zero-order valence-corrected chi connectivity index (χ0v) is 13.0. The summed E-state index contributed by atoms with van der Waals surface area (Å²) in [6.07, 6.45) is -4.63. The Balaban J connectivity index is 2.17. The van der Waals surface area contributed by atoms with E-state index in [-0.39, 0.29) is 11.3 Å². The predicted molar refractivity (Wildman–Crippen MR) is 85.6 cm³/mol. The number of alkyl halides is 3. The molecule has 7 heteroatoms. The number of hydrogen-bond acceptors (Lipinski definition) is 4. The highest BCUT2D eigenvalue weighted by molar-refractivity contribution is 5.91. The minimum Gasteiger partial charge on any atom is -0.495 e. The Hall–Kier alpha value is -2.83. The van der Waals surface area contributed by atoms with Crippen molar-refractivity contribution < 1.29 is 17.9 Å². The van der Waals surface area contributed by atoms with Crippen LogP contribution < -0.4 is 10.1 Å². The third-order valence-corrected chi connectivity index (χ3v) is 3.46. The number of nitrogens with one attached hydrogen (secondary N) is 1. The minimum atomic E-state index is -4.63. The van der Waals surface area contributed by atoms with Gasteiger partial charge in [-0.1, -0.05) is 18.2 Å². The lowest BCUT2D eigenvalue weighted by molar-refractivity contribution is -0.144. The normalized spacial score (nSPS) is 11.5. The van der Waals surface area contributed by atoms with Gasteiger partial charge in [0.2, 0.25) is 5.82 Å². The van der Waals surface area contributed by atoms with Gasteiger partial charge in [0, 0.05) is 5.39 Å². The molecule has 0 radical (unpaired) electrons. The molecule has 0 aliphatic carbocycles. The third kappa shape index (κ3) is 3.10. The summed E-state index contributed by atoms with van der Waals surface area (Å²) in [4.78, 5) is 7.27. The first-order valence-electron chi connectivity index (χ1n) is 7.14. The van der Waals surface area contributed by atoms with Gasteiger partial charge in [0.25, 0.3) is 0 Å². The van der Waals surface area contributed by atoms with Crippen LogP contribution in [0.3, 0.4) is 0 Å². The molecule has 1 aromatic heterocycles. The summed E-state index contributed by atoms with van der Waals surface area (Å²) >= 11 is 0. The maximum Gasteiger partial charge on any atom is 0.451 e. The molecule has 0 saturated heterocycles. The lowest BCUT2D eigenvalue weighted by atomic mass is 10.2. The molecule has 0 unspecified atom stereocenters. The summed E-state index contributed by atoms with van der Waals surface area (Å²) in [6, 6.07) is 11.9. The largest absolute Gasteiger partial charge is 0.495 e. The molecule has 1 N–H and O–H groups in total. The molecule has 0 amide bonds. The SMILES string of the molecule is COc1ccc(C)cc1Nc1nc(C(F)(F)F)nc2ccccc12. The summed E-state index contributed by atoms with van der Waals surface area (Å²) in [5.74, 6) is -0.594. The molecular weight excluding hydrogens is 319 g/mol. The zero-order chi connectivity index (χ0) is 17.3. The van der Waals surface area contributed by atoms with Crippen molar-refractivity contribution in [1.29, 1.82) is 0 Å². The van der Waals surface area contributed by atoms with E-state index < -0.39 is 12.0 Å². The van der Waals surface area contributed by atoms with Crippen LogP contribution in [0, 0.1) is 6.92 Å². The van der Waals surface area contributed by atoms with Crippen LogP contribution >= 0.6 is 0 Å². The van der Waals surface area contributed by atoms with Crippen LogP contribution in [0.15, 0.2) is 42.5 Å². The first-order valence-corrected chi connectivity index (χ1v) is 7.14. The van der Waals surface area contributed by atoms with Gasteiger partial charge in [0.15, 0.2) is 0 Å². The molecule has 0 fully saturated rings. The fourth-order valence-electron chi connectivity index (χ4n) is 2.35. The highest BCUT2D eigenvalue weighted by atomic mass is 19.4. The Bertz CT molecular complexity index is 894. The molecule has 3 aromatic rings. The Morgan fingerprint density at radius 1 is 1.04 bits per heavy atom. The molecule has 0 atom stereocenters. The van der Waals surface area contributed by atoms with Crippen molar-refractivity contribution in [2.45, 2.75) is 13.1 Å². The molecule has 0 saturated carbocycles. The highest BCUT2D eigenvalue weighted by Crippen LogP contribution is 2.33. The standard InChI is InChI=1S/C17H14F3N3O/c1-10-7-8-14(24-2)13(9-10)21-15-11-5-3-4-6-12(11)22-16(23-15)17(18,19)20/h3-9H,1-2H3,(H,21,22,23). The summed E-state index contributed by atoms with van der Waals surface area (Å²) in [7, 11) is 1.50. The van der Waals surface area contributed by atoms with E-state index in [0.717, 1.165) is 5.56 Å². The Kier molecular flexibility index (Phi) is 4.01. The number of anilines is 2. The monoisotopic (exact) mass is 333 g/mol. The predicted octanol–water partition coefficient (Wildman–Crippen LogP) is 4.71. The van der Waals surface area contributed by atoms with Crippen LogP contribution in [0.5, 0.6) is 5.75 Å². The van der Waals surface area contributed by atoms with E-state index in [0.29, 0.717) is 16.8 Å². The average Bonchev–Trinajstić information content (AvgIpc) is 2.54. The van der Waals surface area contributed by atoms with Crippen LogP contribution in [0.2, 0.25) is 0 Å². The molecule has 124 valence electrons. The second kappa shape index (κ2) is 5.99. The first kappa shape index (κ1) is 16.0. The number of methoxy groups -OCH3 is 1. The average molecular weight is 333 g/mol. The van der Waals surface area contributed by atoms with Crippen molar-refractivity contribution >= 4 is 22.4 Å². The van der Waals surface area contributed by atoms with Crippen molar-refractivity contribution in [3.63, 3.8) is 0 Å². The van der Waals surface area contributed by atoms with Crippen LogP contribution in [0.25, 0.3) is 10.9 Å². The number of ether oxygens (including phenoxy) is 1. The van der Waals surface area contributed by atoms with E-state index in [1.807, 2.05) is 13.0 Å². The fraction of sp³-hybridized carbons (Fsp3) is 0.176. The molecule has 2 aromatic carbocycles. The Morgan fingerprint density at radius 3 is 2.50 bits per heavy atom. The highest BCUT2D eigenvalue weighted by Gasteiger charge is 2.35. The zero-order valence-electron chi connectivity index (χ0n) is 13.0. The number of aromatic nitrogens is 2. The maximum absolute atomic E-state index is 13.1. The smallest absolute Gasteiger partial charge is 0.451 e. The van der Waals surface area contributed by atoms with Gasteiger partial charge in [-0.2, -0.15) is 13.2 Å². The van der Waals surface area contributed by atoms with Gasteiger partial charge in [0.05, 0.1) is 18.3 Å². The van der Waals surface area contributed by atoms with Gasteiger partial charge < -0.3 is 10.1 Å². The molecule has 24 heavy (non-hydrogen) atoms. The second-order valence-corrected chi connectivity index (χ2v) is 5.24. The van der Waals surface area contributed by atoms with Gasteiger partial charge in [-0.3, -0.25) is 0 Å². The number of halogens is 3. The van der Waals surface area contributed by atoms with Gasteiger partial charge in [-0.05, 0) is 36.8 Å². The van der Waals surface area contributed by atoms with Crippen LogP contribution in [0.1, 0.15) is 11.4 Å². The lowest BCUT2D eigenvalue weighted by Gasteiger charge is -2.14. The van der Waals surface area contributed by atoms with Crippen molar-refractivity contribution in [3.05, 3.63) is 53.9 Å². The second-order valence-electron chi connectivity index (χ2n) is 5.24. The molecule has 4 nitrogen and oxygen atoms in total. The third-order valence-electron chi connectivity index (χ3n) is 3.46. The van der Waals surface area contributed by atoms with Gasteiger partial charge in [0.1, 0.15) is 11.6 Å². The molecule has 0 aliphatic heterocycles. The molecule has 1 heterocycles. The van der Waals surface area contributed by atoms with E-state index in [1.165, 1.54) is 13.2 Å². The number of rotatable bonds is 3. The minimum absolute atomic E-state index is 0.0804. The Morgan fingerprint density at radius 2 is 1.79 bits per heavy atom. The summed E-state index contributed by atoms with van der Waals surface area (Å²) in [5.41, 5.74) is 1.69. The van der Waals surface area contributed by atoms with E-state index in [2.05, 4.69) is 15.3 Å². The number of fused-ring (bicyclic) bond motifs is 1. The number of para-hydroxylation sites is 1. The topological polar surface area (TPSA) is 47.0 Å². The van der Waals surface area contributed by atoms with E-state index >= 15 is 0 Å². The molecule has 0 bridgehead atoms. The van der Waals surface area contributed by atoms with Crippen molar-refractivity contribution in [2.24, 2.45) is 0 Å². The van der Waals surface area contributed by atoms with E-state index in [9.17, 15) is 13.2 Å². The summed E-state index contributed by atoms with van der Waals surface area (Å²) < 4.78 is 44.5. The molecule has 0 aliphatic rings. The van der Waals surface area contributed by atoms with Crippen LogP contribution in [0.4, 0.5) is 24.7 Å². The number of benzene rings is 2. The van der Waals surface area contributed by atoms with Crippen LogP contribution in [-0.2, 0) is 6.18 Å². The van der Waals surface area contributed by atoms with E-state index in [1.54, 1.807) is 30.3 Å². The van der Waals surface area contributed by atoms with E-state index in [4.69, 9.17) is 4.74 Å². The van der Waals surface area contributed by atoms with Crippen LogP contribution in [-0.4, -0.2) is 17.1 Å². The lowest BCUT2D eigenvalue weighted by Crippen LogP contribution is -2.12. The number of aryl methyl sites for hydroxylation is 1. The molecule has 3 rings (SSSR count). The Labute approximate surface area is 136 Å². The number of nitrogens with zero attached hydrogens (tertiary/aromatic N) is 2. The molecule has 0 spiro atoms. The summed E-state index contributed by atoms with van der Waals surface area (Å²) in [5, 5.41) is 3.44. The first-order chi connectivity index (χ1) is 11.4.